The molecular formula is C22H23F2N3O5S. The Morgan fingerprint density at radius 2 is 1.76 bits per heavy atom. The second-order valence-electron chi connectivity index (χ2n) is 7.84. The molecule has 33 heavy (non-hydrogen) atoms. The van der Waals surface area contributed by atoms with Crippen molar-refractivity contribution in [1.82, 2.24) is 13.9 Å². The number of sulfonamides is 1. The van der Waals surface area contributed by atoms with Crippen molar-refractivity contribution in [3.63, 3.8) is 0 Å². The van der Waals surface area contributed by atoms with Gasteiger partial charge in [0.15, 0.2) is 5.82 Å². The molecule has 11 heteroatoms. The summed E-state index contributed by atoms with van der Waals surface area (Å²) in [6.45, 7) is 0.783. The maximum Gasteiger partial charge on any atom is 0.338 e. The molecule has 1 saturated heterocycles. The number of para-hydroxylation sites is 2. The number of alkyl halides is 2. The van der Waals surface area contributed by atoms with Crippen LogP contribution in [0.1, 0.15) is 36.6 Å². The summed E-state index contributed by atoms with van der Waals surface area (Å²) >= 11 is 0. The van der Waals surface area contributed by atoms with Gasteiger partial charge >= 0.3 is 12.5 Å². The number of esters is 1. The zero-order valence-electron chi connectivity index (χ0n) is 18.0. The van der Waals surface area contributed by atoms with Crippen LogP contribution in [0.25, 0.3) is 11.0 Å². The van der Waals surface area contributed by atoms with Crippen LogP contribution in [0.4, 0.5) is 8.78 Å². The average molecular weight is 480 g/mol. The van der Waals surface area contributed by atoms with Crippen LogP contribution in [0.2, 0.25) is 0 Å². The first kappa shape index (κ1) is 23.3. The average Bonchev–Trinajstić information content (AvgIpc) is 3.15. The Kier molecular flexibility index (Phi) is 6.46. The second-order valence-corrected chi connectivity index (χ2v) is 9.78. The fourth-order valence-corrected chi connectivity index (χ4v) is 5.46. The van der Waals surface area contributed by atoms with Crippen LogP contribution in [0.5, 0.6) is 0 Å². The molecule has 3 aromatic rings. The number of fused-ring (bicyclic) bond motifs is 1. The molecule has 1 aromatic heterocycles. The van der Waals surface area contributed by atoms with E-state index in [2.05, 4.69) is 4.98 Å². The van der Waals surface area contributed by atoms with E-state index < -0.39 is 29.1 Å². The minimum Gasteiger partial charge on any atom is -0.454 e. The lowest BCUT2D eigenvalue weighted by Crippen LogP contribution is -2.48. The van der Waals surface area contributed by atoms with Crippen LogP contribution < -0.4 is 0 Å². The molecule has 0 bridgehead atoms. The third-order valence-corrected chi connectivity index (χ3v) is 7.16. The third-order valence-electron chi connectivity index (χ3n) is 5.31. The highest BCUT2D eigenvalue weighted by molar-refractivity contribution is 7.89. The second kappa shape index (κ2) is 9.16. The van der Waals surface area contributed by atoms with Crippen LogP contribution in [0.15, 0.2) is 53.4 Å². The number of halogens is 2. The molecule has 0 spiro atoms. The molecule has 1 fully saturated rings. The fourth-order valence-electron chi connectivity index (χ4n) is 3.87. The van der Waals surface area contributed by atoms with Crippen LogP contribution >= 0.6 is 0 Å². The smallest absolute Gasteiger partial charge is 0.338 e. The van der Waals surface area contributed by atoms with Gasteiger partial charge in [0.1, 0.15) is 6.61 Å². The van der Waals surface area contributed by atoms with Gasteiger partial charge in [0.2, 0.25) is 10.0 Å². The van der Waals surface area contributed by atoms with Gasteiger partial charge < -0.3 is 9.47 Å². The normalized spacial score (nSPS) is 19.8. The van der Waals surface area contributed by atoms with Gasteiger partial charge in [0.25, 0.3) is 0 Å². The van der Waals surface area contributed by atoms with Crippen molar-refractivity contribution in [2.75, 3.05) is 13.1 Å². The van der Waals surface area contributed by atoms with Gasteiger partial charge in [-0.05, 0) is 50.2 Å². The number of imidazole rings is 1. The zero-order chi connectivity index (χ0) is 23.8. The highest BCUT2D eigenvalue weighted by atomic mass is 32.2. The molecule has 8 nitrogen and oxygen atoms in total. The van der Waals surface area contributed by atoms with Gasteiger partial charge in [-0.3, -0.25) is 4.57 Å². The van der Waals surface area contributed by atoms with Crippen molar-refractivity contribution >= 4 is 27.0 Å². The van der Waals surface area contributed by atoms with E-state index in [0.29, 0.717) is 10.1 Å². The number of rotatable bonds is 6. The van der Waals surface area contributed by atoms with Crippen molar-refractivity contribution < 1.29 is 31.5 Å². The SMILES string of the molecule is C[C@H]1CN(S(=O)(=O)c2ccc(C(=O)OCc3nc4ccccc4n3C(F)F)cc2)C[C@H](C)O1. The third kappa shape index (κ3) is 4.75. The Hall–Kier alpha value is -2.89. The number of benzene rings is 2. The van der Waals surface area contributed by atoms with E-state index in [1.807, 2.05) is 0 Å². The molecule has 0 radical (unpaired) electrons. The number of aromatic nitrogens is 2. The van der Waals surface area contributed by atoms with Crippen LogP contribution in [0, 0.1) is 0 Å². The molecule has 0 amide bonds. The Bertz CT molecular complexity index is 1250. The number of nitrogens with zero attached hydrogens (tertiary/aromatic N) is 3. The first-order chi connectivity index (χ1) is 15.7. The van der Waals surface area contributed by atoms with E-state index in [9.17, 15) is 22.0 Å². The maximum absolute atomic E-state index is 13.5. The Morgan fingerprint density at radius 1 is 1.12 bits per heavy atom. The van der Waals surface area contributed by atoms with Crippen LogP contribution in [-0.2, 0) is 26.1 Å². The molecule has 0 N–H and O–H groups in total. The molecular weight excluding hydrogens is 456 g/mol. The molecule has 0 saturated carbocycles. The summed E-state index contributed by atoms with van der Waals surface area (Å²) < 4.78 is 65.7. The summed E-state index contributed by atoms with van der Waals surface area (Å²) in [7, 11) is -3.75. The molecule has 0 aliphatic carbocycles. The number of hydrogen-bond acceptors (Lipinski definition) is 6. The lowest BCUT2D eigenvalue weighted by atomic mass is 10.2. The van der Waals surface area contributed by atoms with Gasteiger partial charge in [0.05, 0.1) is 33.7 Å². The molecule has 1 aliphatic rings. The Labute approximate surface area is 189 Å². The topological polar surface area (TPSA) is 90.7 Å². The predicted octanol–water partition coefficient (Wildman–Crippen LogP) is 3.59. The van der Waals surface area contributed by atoms with E-state index in [4.69, 9.17) is 9.47 Å². The predicted molar refractivity (Wildman–Crippen MR) is 115 cm³/mol. The van der Waals surface area contributed by atoms with Crippen molar-refractivity contribution in [1.29, 1.82) is 0 Å². The van der Waals surface area contributed by atoms with Gasteiger partial charge in [-0.15, -0.1) is 0 Å². The minimum atomic E-state index is -3.75. The summed E-state index contributed by atoms with van der Waals surface area (Å²) in [6, 6.07) is 11.7. The number of carbonyl (C=O) groups excluding carboxylic acids is 1. The molecule has 2 heterocycles. The summed E-state index contributed by atoms with van der Waals surface area (Å²) in [4.78, 5) is 16.6. The van der Waals surface area contributed by atoms with Crippen molar-refractivity contribution in [2.45, 2.75) is 44.1 Å². The molecule has 2 aromatic carbocycles. The summed E-state index contributed by atoms with van der Waals surface area (Å²) in [5, 5.41) is 0. The molecule has 2 atom stereocenters. The Balaban J connectivity index is 1.47. The number of morpholine rings is 1. The van der Waals surface area contributed by atoms with E-state index in [-0.39, 0.29) is 47.1 Å². The molecule has 176 valence electrons. The molecule has 0 unspecified atom stereocenters. The number of ether oxygens (including phenoxy) is 2. The highest BCUT2D eigenvalue weighted by Gasteiger charge is 2.32. The monoisotopic (exact) mass is 479 g/mol. The van der Waals surface area contributed by atoms with Crippen molar-refractivity contribution in [2.24, 2.45) is 0 Å². The summed E-state index contributed by atoms with van der Waals surface area (Å²) in [6.07, 6.45) is -0.453. The molecule has 4 rings (SSSR count). The van der Waals surface area contributed by atoms with Gasteiger partial charge in [-0.25, -0.2) is 18.2 Å². The highest BCUT2D eigenvalue weighted by Crippen LogP contribution is 2.24. The number of carbonyl (C=O) groups is 1. The lowest BCUT2D eigenvalue weighted by molar-refractivity contribution is -0.0440. The van der Waals surface area contributed by atoms with Crippen LogP contribution in [-0.4, -0.2) is 53.5 Å². The molecule has 1 aliphatic heterocycles. The van der Waals surface area contributed by atoms with E-state index in [0.717, 1.165) is 0 Å². The fraction of sp³-hybridized carbons (Fsp3) is 0.364. The van der Waals surface area contributed by atoms with Crippen molar-refractivity contribution in [3.05, 3.63) is 59.9 Å². The van der Waals surface area contributed by atoms with Gasteiger partial charge in [-0.2, -0.15) is 13.1 Å². The standard InChI is InChI=1S/C22H23F2N3O5S/c1-14-11-26(12-15(2)32-14)33(29,30)17-9-7-16(8-10-17)21(28)31-13-20-25-18-5-3-4-6-19(18)27(20)22(23)24/h3-10,14-15,22H,11-13H2,1-2H3/t14-,15-/m0/s1. The van der Waals surface area contributed by atoms with Crippen molar-refractivity contribution in [3.8, 4) is 0 Å². The summed E-state index contributed by atoms with van der Waals surface area (Å²) in [5.41, 5.74) is 0.697. The lowest BCUT2D eigenvalue weighted by Gasteiger charge is -2.34. The van der Waals surface area contributed by atoms with Gasteiger partial charge in [0, 0.05) is 13.1 Å². The van der Waals surface area contributed by atoms with E-state index >= 15 is 0 Å². The maximum atomic E-state index is 13.5. The Morgan fingerprint density at radius 3 is 2.39 bits per heavy atom. The summed E-state index contributed by atoms with van der Waals surface area (Å²) in [5.74, 6) is -0.866. The zero-order valence-corrected chi connectivity index (χ0v) is 18.8. The van der Waals surface area contributed by atoms with E-state index in [1.54, 1.807) is 32.0 Å². The van der Waals surface area contributed by atoms with Crippen LogP contribution in [0.3, 0.4) is 0 Å². The largest absolute Gasteiger partial charge is 0.454 e. The first-order valence-corrected chi connectivity index (χ1v) is 11.8. The van der Waals surface area contributed by atoms with E-state index in [1.165, 1.54) is 34.6 Å². The quantitative estimate of drug-likeness (QED) is 0.502. The minimum absolute atomic E-state index is 0.0415. The first-order valence-electron chi connectivity index (χ1n) is 10.3. The number of hydrogen-bond donors (Lipinski definition) is 0. The van der Waals surface area contributed by atoms with Gasteiger partial charge in [-0.1, -0.05) is 12.1 Å².